The molecule has 0 aliphatic rings. The molecule has 0 unspecified atom stereocenters. The molecular weight excluding hydrogens is 380 g/mol. The van der Waals surface area contributed by atoms with Crippen molar-refractivity contribution < 1.29 is 4.79 Å². The molecule has 0 radical (unpaired) electrons. The van der Waals surface area contributed by atoms with E-state index in [1.165, 1.54) is 11.5 Å². The number of hydrogen-bond acceptors (Lipinski definition) is 5. The molecule has 0 atom stereocenters. The average Bonchev–Trinajstić information content (AvgIpc) is 3.09. The molecule has 1 aromatic carbocycles. The fourth-order valence-electron chi connectivity index (χ4n) is 2.71. The van der Waals surface area contributed by atoms with Crippen LogP contribution in [0.5, 0.6) is 0 Å². The Balaban J connectivity index is 1.89. The standard InChI is InChI=1S/C20H29ClN4OS/c1-4-5-6-12-22-19(26)11-13-25(15(2)3)20-23-18(24-27-20)14-16-7-9-17(21)10-8-16/h7-10,15H,4-6,11-14H2,1-3H3,(H,22,26). The van der Waals surface area contributed by atoms with Gasteiger partial charge in [-0.3, -0.25) is 4.79 Å². The summed E-state index contributed by atoms with van der Waals surface area (Å²) in [5, 5.41) is 4.59. The van der Waals surface area contributed by atoms with Gasteiger partial charge in [0.15, 0.2) is 0 Å². The maximum Gasteiger partial charge on any atom is 0.221 e. The van der Waals surface area contributed by atoms with Crippen molar-refractivity contribution in [3.63, 3.8) is 0 Å². The summed E-state index contributed by atoms with van der Waals surface area (Å²) in [6, 6.07) is 8.00. The van der Waals surface area contributed by atoms with Gasteiger partial charge < -0.3 is 10.2 Å². The molecule has 2 rings (SSSR count). The number of unbranched alkanes of at least 4 members (excludes halogenated alkanes) is 2. The van der Waals surface area contributed by atoms with Crippen LogP contribution >= 0.6 is 23.1 Å². The van der Waals surface area contributed by atoms with Crippen LogP contribution in [0.15, 0.2) is 24.3 Å². The molecule has 5 nitrogen and oxygen atoms in total. The van der Waals surface area contributed by atoms with E-state index in [-0.39, 0.29) is 11.9 Å². The summed E-state index contributed by atoms with van der Waals surface area (Å²) in [5.74, 6) is 0.898. The normalized spacial score (nSPS) is 11.0. The number of amides is 1. The predicted molar refractivity (Wildman–Crippen MR) is 114 cm³/mol. The van der Waals surface area contributed by atoms with E-state index in [1.807, 2.05) is 24.3 Å². The third-order valence-electron chi connectivity index (χ3n) is 4.28. The highest BCUT2D eigenvalue weighted by atomic mass is 35.5. The molecule has 0 saturated heterocycles. The van der Waals surface area contributed by atoms with Crippen LogP contribution < -0.4 is 10.2 Å². The molecule has 0 saturated carbocycles. The van der Waals surface area contributed by atoms with Gasteiger partial charge in [0, 0.05) is 48.5 Å². The first-order valence-electron chi connectivity index (χ1n) is 9.60. The summed E-state index contributed by atoms with van der Waals surface area (Å²) in [6.45, 7) is 7.79. The van der Waals surface area contributed by atoms with Gasteiger partial charge in [-0.1, -0.05) is 43.5 Å². The van der Waals surface area contributed by atoms with E-state index in [2.05, 4.69) is 40.3 Å². The molecule has 0 spiro atoms. The number of nitrogens with zero attached hydrogens (tertiary/aromatic N) is 3. The fraction of sp³-hybridized carbons (Fsp3) is 0.550. The van der Waals surface area contributed by atoms with Crippen molar-refractivity contribution in [1.29, 1.82) is 0 Å². The molecule has 1 amide bonds. The first-order chi connectivity index (χ1) is 13.0. The van der Waals surface area contributed by atoms with Crippen molar-refractivity contribution in [1.82, 2.24) is 14.7 Å². The second-order valence-electron chi connectivity index (χ2n) is 6.89. The molecule has 27 heavy (non-hydrogen) atoms. The Labute approximate surface area is 171 Å². The number of halogens is 1. The van der Waals surface area contributed by atoms with Crippen LogP contribution in [0.1, 0.15) is 57.8 Å². The minimum atomic E-state index is 0.0997. The van der Waals surface area contributed by atoms with Crippen molar-refractivity contribution in [2.24, 2.45) is 0 Å². The SMILES string of the molecule is CCCCCNC(=O)CCN(c1nc(Cc2ccc(Cl)cc2)ns1)C(C)C. The van der Waals surface area contributed by atoms with Crippen LogP contribution in [0, 0.1) is 0 Å². The Morgan fingerprint density at radius 3 is 2.67 bits per heavy atom. The molecule has 1 N–H and O–H groups in total. The Kier molecular flexibility index (Phi) is 9.01. The lowest BCUT2D eigenvalue weighted by molar-refractivity contribution is -0.120. The van der Waals surface area contributed by atoms with Gasteiger partial charge in [-0.2, -0.15) is 4.37 Å². The zero-order valence-electron chi connectivity index (χ0n) is 16.4. The second kappa shape index (κ2) is 11.2. The smallest absolute Gasteiger partial charge is 0.221 e. The van der Waals surface area contributed by atoms with Crippen LogP contribution in [-0.4, -0.2) is 34.4 Å². The number of nitrogens with one attached hydrogen (secondary N) is 1. The summed E-state index contributed by atoms with van der Waals surface area (Å²) < 4.78 is 4.49. The Hall–Kier alpha value is -1.66. The van der Waals surface area contributed by atoms with Crippen LogP contribution in [0.2, 0.25) is 5.02 Å². The fourth-order valence-corrected chi connectivity index (χ4v) is 3.68. The number of aromatic nitrogens is 2. The first-order valence-corrected chi connectivity index (χ1v) is 10.7. The molecule has 0 aliphatic carbocycles. The van der Waals surface area contributed by atoms with Gasteiger partial charge in [0.2, 0.25) is 11.0 Å². The number of hydrogen-bond donors (Lipinski definition) is 1. The predicted octanol–water partition coefficient (Wildman–Crippen LogP) is 4.69. The van der Waals surface area contributed by atoms with Gasteiger partial charge in [0.1, 0.15) is 5.82 Å². The Morgan fingerprint density at radius 2 is 2.00 bits per heavy atom. The van der Waals surface area contributed by atoms with E-state index >= 15 is 0 Å². The molecule has 0 bridgehead atoms. The second-order valence-corrected chi connectivity index (χ2v) is 8.06. The van der Waals surface area contributed by atoms with Crippen molar-refractivity contribution in [2.75, 3.05) is 18.0 Å². The summed E-state index contributed by atoms with van der Waals surface area (Å²) in [4.78, 5) is 18.9. The molecule has 2 aromatic rings. The zero-order chi connectivity index (χ0) is 19.6. The lowest BCUT2D eigenvalue weighted by atomic mass is 10.1. The van der Waals surface area contributed by atoms with Gasteiger partial charge in [0.25, 0.3) is 0 Å². The van der Waals surface area contributed by atoms with E-state index in [0.29, 0.717) is 19.4 Å². The summed E-state index contributed by atoms with van der Waals surface area (Å²) in [5.41, 5.74) is 1.13. The topological polar surface area (TPSA) is 58.1 Å². The highest BCUT2D eigenvalue weighted by Crippen LogP contribution is 2.22. The summed E-state index contributed by atoms with van der Waals surface area (Å²) in [7, 11) is 0. The average molecular weight is 409 g/mol. The third kappa shape index (κ3) is 7.46. The van der Waals surface area contributed by atoms with Crippen LogP contribution in [0.3, 0.4) is 0 Å². The van der Waals surface area contributed by atoms with E-state index in [0.717, 1.165) is 47.3 Å². The van der Waals surface area contributed by atoms with Gasteiger partial charge in [-0.15, -0.1) is 0 Å². The summed E-state index contributed by atoms with van der Waals surface area (Å²) in [6.07, 6.45) is 4.50. The van der Waals surface area contributed by atoms with Crippen LogP contribution in [0.25, 0.3) is 0 Å². The molecule has 0 aliphatic heterocycles. The first kappa shape index (κ1) is 21.6. The Bertz CT molecular complexity index is 702. The maximum absolute atomic E-state index is 12.1. The minimum Gasteiger partial charge on any atom is -0.356 e. The van der Waals surface area contributed by atoms with Crippen LogP contribution in [-0.2, 0) is 11.2 Å². The molecule has 0 fully saturated rings. The molecule has 1 heterocycles. The number of benzene rings is 1. The van der Waals surface area contributed by atoms with E-state index in [4.69, 9.17) is 11.6 Å². The molecular formula is C20H29ClN4OS. The van der Waals surface area contributed by atoms with Gasteiger partial charge in [0.05, 0.1) is 0 Å². The van der Waals surface area contributed by atoms with E-state index in [1.54, 1.807) is 0 Å². The number of carbonyl (C=O) groups excluding carboxylic acids is 1. The largest absolute Gasteiger partial charge is 0.356 e. The molecule has 1 aromatic heterocycles. The van der Waals surface area contributed by atoms with Gasteiger partial charge >= 0.3 is 0 Å². The molecule has 148 valence electrons. The Morgan fingerprint density at radius 1 is 1.26 bits per heavy atom. The van der Waals surface area contributed by atoms with Crippen LogP contribution in [0.4, 0.5) is 5.13 Å². The highest BCUT2D eigenvalue weighted by Gasteiger charge is 2.17. The zero-order valence-corrected chi connectivity index (χ0v) is 17.9. The lowest BCUT2D eigenvalue weighted by Crippen LogP contribution is -2.35. The van der Waals surface area contributed by atoms with Gasteiger partial charge in [-0.25, -0.2) is 4.98 Å². The number of anilines is 1. The third-order valence-corrected chi connectivity index (χ3v) is 5.33. The van der Waals surface area contributed by atoms with Gasteiger partial charge in [-0.05, 0) is 38.0 Å². The summed E-state index contributed by atoms with van der Waals surface area (Å²) >= 11 is 7.33. The maximum atomic E-state index is 12.1. The van der Waals surface area contributed by atoms with Crippen molar-refractivity contribution in [3.05, 3.63) is 40.7 Å². The monoisotopic (exact) mass is 408 g/mol. The minimum absolute atomic E-state index is 0.0997. The quantitative estimate of drug-likeness (QED) is 0.548. The van der Waals surface area contributed by atoms with Crippen molar-refractivity contribution >= 4 is 34.2 Å². The number of carbonyl (C=O) groups is 1. The van der Waals surface area contributed by atoms with Crippen molar-refractivity contribution in [2.45, 2.75) is 58.9 Å². The van der Waals surface area contributed by atoms with E-state index < -0.39 is 0 Å². The van der Waals surface area contributed by atoms with Crippen molar-refractivity contribution in [3.8, 4) is 0 Å². The molecule has 7 heteroatoms. The van der Waals surface area contributed by atoms with E-state index in [9.17, 15) is 4.79 Å². The number of rotatable bonds is 11. The highest BCUT2D eigenvalue weighted by molar-refractivity contribution is 7.09. The lowest BCUT2D eigenvalue weighted by Gasteiger charge is -2.25.